The number of methoxy groups -OCH3 is 1. The van der Waals surface area contributed by atoms with Crippen LogP contribution in [-0.4, -0.2) is 39.4 Å². The maximum absolute atomic E-state index is 12.8. The third-order valence-electron chi connectivity index (χ3n) is 4.68. The molecule has 0 saturated heterocycles. The predicted octanol–water partition coefficient (Wildman–Crippen LogP) is 3.76. The Kier molecular flexibility index (Phi) is 5.30. The van der Waals surface area contributed by atoms with Gasteiger partial charge in [-0.1, -0.05) is 18.2 Å². The van der Waals surface area contributed by atoms with Crippen LogP contribution in [-0.2, 0) is 0 Å². The zero-order valence-corrected chi connectivity index (χ0v) is 16.9. The quantitative estimate of drug-likeness (QED) is 0.527. The first-order chi connectivity index (χ1) is 14.6. The number of carbonyl (C=O) groups excluding carboxylic acids is 1. The molecule has 0 aliphatic heterocycles. The molecule has 4 aromatic rings. The standard InChI is InChI=1S/C22H21N5O3/c1-4-30-16-11-9-15(10-12-16)24-22(28)20-14(2)27-21(26-25-20)18(13-23-27)17-7-5-6-8-19(17)29-3/h5-13H,4H2,1-3H3,(H,24,28). The lowest BCUT2D eigenvalue weighted by atomic mass is 10.1. The second-order valence-electron chi connectivity index (χ2n) is 6.54. The van der Waals surface area contributed by atoms with Gasteiger partial charge >= 0.3 is 0 Å². The van der Waals surface area contributed by atoms with Crippen LogP contribution in [0.3, 0.4) is 0 Å². The van der Waals surface area contributed by atoms with E-state index in [0.29, 0.717) is 29.4 Å². The lowest BCUT2D eigenvalue weighted by Crippen LogP contribution is -2.18. The van der Waals surface area contributed by atoms with Crippen LogP contribution in [0, 0.1) is 6.92 Å². The first-order valence-electron chi connectivity index (χ1n) is 9.51. The summed E-state index contributed by atoms with van der Waals surface area (Å²) < 4.78 is 12.5. The number of amides is 1. The maximum Gasteiger partial charge on any atom is 0.278 e. The largest absolute Gasteiger partial charge is 0.496 e. The third kappa shape index (κ3) is 3.55. The van der Waals surface area contributed by atoms with Gasteiger partial charge in [-0.05, 0) is 44.2 Å². The van der Waals surface area contributed by atoms with Crippen LogP contribution in [0.2, 0.25) is 0 Å². The van der Waals surface area contributed by atoms with E-state index in [2.05, 4.69) is 20.6 Å². The fourth-order valence-electron chi connectivity index (χ4n) is 3.21. The molecule has 2 heterocycles. The number of fused-ring (bicyclic) bond motifs is 1. The van der Waals surface area contributed by atoms with Crippen molar-refractivity contribution >= 4 is 17.2 Å². The molecule has 0 aliphatic rings. The second kappa shape index (κ2) is 8.20. The van der Waals surface area contributed by atoms with Crippen LogP contribution in [0.25, 0.3) is 16.8 Å². The summed E-state index contributed by atoms with van der Waals surface area (Å²) in [6.45, 7) is 4.29. The van der Waals surface area contributed by atoms with Crippen LogP contribution < -0.4 is 14.8 Å². The molecule has 4 rings (SSSR count). The van der Waals surface area contributed by atoms with E-state index in [1.807, 2.05) is 31.2 Å². The van der Waals surface area contributed by atoms with Crippen molar-refractivity contribution in [2.45, 2.75) is 13.8 Å². The van der Waals surface area contributed by atoms with Gasteiger partial charge in [-0.2, -0.15) is 5.10 Å². The highest BCUT2D eigenvalue weighted by Gasteiger charge is 2.19. The molecule has 8 nitrogen and oxygen atoms in total. The monoisotopic (exact) mass is 403 g/mol. The van der Waals surface area contributed by atoms with Crippen molar-refractivity contribution in [2.75, 3.05) is 19.0 Å². The molecular weight excluding hydrogens is 382 g/mol. The zero-order chi connectivity index (χ0) is 21.1. The molecular formula is C22H21N5O3. The van der Waals surface area contributed by atoms with Gasteiger partial charge in [0.2, 0.25) is 0 Å². The Morgan fingerprint density at radius 2 is 1.83 bits per heavy atom. The molecule has 1 N–H and O–H groups in total. The third-order valence-corrected chi connectivity index (χ3v) is 4.68. The van der Waals surface area contributed by atoms with E-state index in [1.54, 1.807) is 49.0 Å². The van der Waals surface area contributed by atoms with E-state index in [0.717, 1.165) is 16.9 Å². The number of ether oxygens (including phenoxy) is 2. The number of nitrogens with zero attached hydrogens (tertiary/aromatic N) is 4. The van der Waals surface area contributed by atoms with Crippen molar-refractivity contribution in [3.63, 3.8) is 0 Å². The van der Waals surface area contributed by atoms with Crippen molar-refractivity contribution in [1.29, 1.82) is 0 Å². The van der Waals surface area contributed by atoms with Crippen LogP contribution >= 0.6 is 0 Å². The SMILES string of the molecule is CCOc1ccc(NC(=O)c2nnc3c(-c4ccccc4OC)cnn3c2C)cc1. The van der Waals surface area contributed by atoms with E-state index in [9.17, 15) is 4.79 Å². The fraction of sp³-hybridized carbons (Fsp3) is 0.182. The minimum atomic E-state index is -0.361. The summed E-state index contributed by atoms with van der Waals surface area (Å²) >= 11 is 0. The van der Waals surface area contributed by atoms with Crippen LogP contribution in [0.1, 0.15) is 23.1 Å². The molecule has 2 aromatic carbocycles. The van der Waals surface area contributed by atoms with Crippen LogP contribution in [0.4, 0.5) is 5.69 Å². The molecule has 0 unspecified atom stereocenters. The Bertz CT molecular complexity index is 1200. The van der Waals surface area contributed by atoms with E-state index < -0.39 is 0 Å². The van der Waals surface area contributed by atoms with E-state index in [4.69, 9.17) is 9.47 Å². The first-order valence-corrected chi connectivity index (χ1v) is 9.51. The normalized spacial score (nSPS) is 10.8. The number of anilines is 1. The zero-order valence-electron chi connectivity index (χ0n) is 16.9. The molecule has 8 heteroatoms. The number of aromatic nitrogens is 4. The Hall–Kier alpha value is -3.94. The molecule has 0 saturated carbocycles. The minimum absolute atomic E-state index is 0.200. The summed E-state index contributed by atoms with van der Waals surface area (Å²) in [7, 11) is 1.62. The lowest BCUT2D eigenvalue weighted by Gasteiger charge is -2.09. The molecule has 2 aromatic heterocycles. The van der Waals surface area contributed by atoms with Crippen molar-refractivity contribution in [3.05, 3.63) is 66.1 Å². The molecule has 0 aliphatic carbocycles. The van der Waals surface area contributed by atoms with Gasteiger partial charge in [-0.3, -0.25) is 4.79 Å². The van der Waals surface area contributed by atoms with Crippen LogP contribution in [0.15, 0.2) is 54.7 Å². The number of aryl methyl sites for hydroxylation is 1. The van der Waals surface area contributed by atoms with Gasteiger partial charge in [0.25, 0.3) is 5.91 Å². The van der Waals surface area contributed by atoms with Gasteiger partial charge in [0, 0.05) is 11.3 Å². The molecule has 152 valence electrons. The van der Waals surface area contributed by atoms with Crippen molar-refractivity contribution in [2.24, 2.45) is 0 Å². The van der Waals surface area contributed by atoms with Crippen molar-refractivity contribution in [3.8, 4) is 22.6 Å². The first kappa shape index (κ1) is 19.4. The van der Waals surface area contributed by atoms with Gasteiger partial charge in [0.05, 0.1) is 31.2 Å². The van der Waals surface area contributed by atoms with Crippen molar-refractivity contribution in [1.82, 2.24) is 19.8 Å². The highest BCUT2D eigenvalue weighted by Crippen LogP contribution is 2.32. The Morgan fingerprint density at radius 1 is 1.07 bits per heavy atom. The molecule has 0 fully saturated rings. The molecule has 0 radical (unpaired) electrons. The number of rotatable bonds is 6. The maximum atomic E-state index is 12.8. The number of hydrogen-bond acceptors (Lipinski definition) is 6. The smallest absolute Gasteiger partial charge is 0.278 e. The summed E-state index contributed by atoms with van der Waals surface area (Å²) in [5.74, 6) is 1.10. The number of nitrogens with one attached hydrogen (secondary N) is 1. The predicted molar refractivity (Wildman–Crippen MR) is 113 cm³/mol. The van der Waals surface area contributed by atoms with E-state index in [-0.39, 0.29) is 11.6 Å². The minimum Gasteiger partial charge on any atom is -0.496 e. The van der Waals surface area contributed by atoms with E-state index >= 15 is 0 Å². The summed E-state index contributed by atoms with van der Waals surface area (Å²) in [4.78, 5) is 12.8. The molecule has 1 amide bonds. The molecule has 30 heavy (non-hydrogen) atoms. The van der Waals surface area contributed by atoms with Crippen LogP contribution in [0.5, 0.6) is 11.5 Å². The molecule has 0 spiro atoms. The highest BCUT2D eigenvalue weighted by molar-refractivity contribution is 6.03. The summed E-state index contributed by atoms with van der Waals surface area (Å²) in [6, 6.07) is 14.8. The number of benzene rings is 2. The summed E-state index contributed by atoms with van der Waals surface area (Å²) in [5.41, 5.74) is 3.61. The van der Waals surface area contributed by atoms with Gasteiger partial charge in [-0.15, -0.1) is 10.2 Å². The summed E-state index contributed by atoms with van der Waals surface area (Å²) in [5, 5.41) is 15.7. The van der Waals surface area contributed by atoms with Gasteiger partial charge < -0.3 is 14.8 Å². The number of hydrogen-bond donors (Lipinski definition) is 1. The molecule has 0 bridgehead atoms. The highest BCUT2D eigenvalue weighted by atomic mass is 16.5. The number of carbonyl (C=O) groups is 1. The van der Waals surface area contributed by atoms with Gasteiger partial charge in [0.1, 0.15) is 11.5 Å². The van der Waals surface area contributed by atoms with Gasteiger partial charge in [-0.25, -0.2) is 4.52 Å². The lowest BCUT2D eigenvalue weighted by molar-refractivity contribution is 0.102. The Morgan fingerprint density at radius 3 is 2.57 bits per heavy atom. The average Bonchev–Trinajstić information content (AvgIpc) is 3.20. The van der Waals surface area contributed by atoms with Gasteiger partial charge in [0.15, 0.2) is 11.3 Å². The fourth-order valence-corrected chi connectivity index (χ4v) is 3.21. The average molecular weight is 403 g/mol. The van der Waals surface area contributed by atoms with E-state index in [1.165, 1.54) is 0 Å². The summed E-state index contributed by atoms with van der Waals surface area (Å²) in [6.07, 6.45) is 1.70. The topological polar surface area (TPSA) is 90.6 Å². The second-order valence-corrected chi connectivity index (χ2v) is 6.54. The number of para-hydroxylation sites is 1. The van der Waals surface area contributed by atoms with Crippen molar-refractivity contribution < 1.29 is 14.3 Å². The Balaban J connectivity index is 1.65. The molecule has 0 atom stereocenters. The Labute approximate surface area is 173 Å².